The predicted octanol–water partition coefficient (Wildman–Crippen LogP) is 3.62. The molecule has 1 amide bonds. The molecule has 1 aromatic carbocycles. The Hall–Kier alpha value is -2.30. The van der Waals surface area contributed by atoms with E-state index < -0.39 is 10.0 Å². The standard InChI is InChI=1S/C22H28N4O4S2/c1-3-26-20-10-9-18(32(28,29)25-11-5-4-6-12-25)14-19(20)24-22(26)31-16(2)21(27)23-15-17-8-7-13-30-17/h7-10,13-14,16H,3-6,11-12,15H2,1-2H3,(H,23,27)/t16-/m0/s1. The van der Waals surface area contributed by atoms with Crippen LogP contribution in [0.3, 0.4) is 0 Å². The zero-order valence-corrected chi connectivity index (χ0v) is 19.9. The molecule has 3 aromatic rings. The molecule has 0 unspecified atom stereocenters. The highest BCUT2D eigenvalue weighted by Gasteiger charge is 2.27. The maximum absolute atomic E-state index is 13.1. The van der Waals surface area contributed by atoms with E-state index in [0.29, 0.717) is 42.6 Å². The fraction of sp³-hybridized carbons (Fsp3) is 0.455. The second kappa shape index (κ2) is 9.68. The molecule has 172 valence electrons. The number of imidazole rings is 1. The summed E-state index contributed by atoms with van der Waals surface area (Å²) < 4.78 is 34.9. The molecule has 1 saturated heterocycles. The van der Waals surface area contributed by atoms with Gasteiger partial charge in [-0.3, -0.25) is 4.79 Å². The lowest BCUT2D eigenvalue weighted by molar-refractivity contribution is -0.120. The average Bonchev–Trinajstić information content (AvgIpc) is 3.44. The van der Waals surface area contributed by atoms with E-state index >= 15 is 0 Å². The Bertz CT molecular complexity index is 1180. The number of nitrogens with one attached hydrogen (secondary N) is 1. The van der Waals surface area contributed by atoms with Gasteiger partial charge >= 0.3 is 0 Å². The van der Waals surface area contributed by atoms with Gasteiger partial charge in [0.25, 0.3) is 0 Å². The van der Waals surface area contributed by atoms with Crippen molar-refractivity contribution in [3.63, 3.8) is 0 Å². The lowest BCUT2D eigenvalue weighted by Gasteiger charge is -2.25. The molecule has 1 fully saturated rings. The molecule has 1 N–H and O–H groups in total. The number of aromatic nitrogens is 2. The van der Waals surface area contributed by atoms with Crippen LogP contribution < -0.4 is 5.32 Å². The van der Waals surface area contributed by atoms with Crippen molar-refractivity contribution in [3.8, 4) is 0 Å². The first-order chi connectivity index (χ1) is 15.4. The minimum Gasteiger partial charge on any atom is -0.467 e. The minimum atomic E-state index is -3.52. The lowest BCUT2D eigenvalue weighted by Crippen LogP contribution is -2.35. The summed E-state index contributed by atoms with van der Waals surface area (Å²) in [5.74, 6) is 0.577. The summed E-state index contributed by atoms with van der Waals surface area (Å²) in [6.07, 6.45) is 4.43. The molecule has 0 spiro atoms. The molecule has 0 saturated carbocycles. The molecule has 8 nitrogen and oxygen atoms in total. The number of rotatable bonds is 8. The molecule has 32 heavy (non-hydrogen) atoms. The molecule has 0 aliphatic carbocycles. The van der Waals surface area contributed by atoms with Crippen molar-refractivity contribution in [3.05, 3.63) is 42.4 Å². The van der Waals surface area contributed by atoms with Crippen LogP contribution in [0.5, 0.6) is 0 Å². The van der Waals surface area contributed by atoms with Crippen LogP contribution in [0.15, 0.2) is 51.1 Å². The van der Waals surface area contributed by atoms with Crippen molar-refractivity contribution in [2.45, 2.75) is 61.5 Å². The number of carbonyl (C=O) groups excluding carboxylic acids is 1. The number of benzene rings is 1. The maximum Gasteiger partial charge on any atom is 0.243 e. The summed E-state index contributed by atoms with van der Waals surface area (Å²) in [6.45, 7) is 5.96. The van der Waals surface area contributed by atoms with Gasteiger partial charge < -0.3 is 14.3 Å². The van der Waals surface area contributed by atoms with Gasteiger partial charge in [-0.05, 0) is 57.0 Å². The van der Waals surface area contributed by atoms with Crippen LogP contribution in [-0.4, -0.2) is 46.5 Å². The van der Waals surface area contributed by atoms with Crippen LogP contribution in [0.4, 0.5) is 0 Å². The van der Waals surface area contributed by atoms with Crippen molar-refractivity contribution in [2.24, 2.45) is 0 Å². The summed E-state index contributed by atoms with van der Waals surface area (Å²) in [5.41, 5.74) is 1.48. The van der Waals surface area contributed by atoms with E-state index in [4.69, 9.17) is 4.42 Å². The molecule has 1 aliphatic heterocycles. The third-order valence-corrected chi connectivity index (χ3v) is 8.61. The van der Waals surface area contributed by atoms with E-state index in [0.717, 1.165) is 24.8 Å². The van der Waals surface area contributed by atoms with Crippen molar-refractivity contribution >= 4 is 38.7 Å². The normalized spacial score (nSPS) is 16.3. The smallest absolute Gasteiger partial charge is 0.243 e. The van der Waals surface area contributed by atoms with Gasteiger partial charge in [0.15, 0.2) is 5.16 Å². The number of fused-ring (bicyclic) bond motifs is 1. The number of aryl methyl sites for hydroxylation is 1. The van der Waals surface area contributed by atoms with Crippen molar-refractivity contribution in [1.29, 1.82) is 0 Å². The zero-order chi connectivity index (χ0) is 22.7. The van der Waals surface area contributed by atoms with E-state index in [1.165, 1.54) is 11.8 Å². The number of hydrogen-bond acceptors (Lipinski definition) is 6. The average molecular weight is 477 g/mol. The molecule has 1 aliphatic rings. The summed E-state index contributed by atoms with van der Waals surface area (Å²) in [7, 11) is -3.52. The van der Waals surface area contributed by atoms with Gasteiger partial charge in [-0.25, -0.2) is 13.4 Å². The molecule has 4 rings (SSSR count). The van der Waals surface area contributed by atoms with Crippen LogP contribution >= 0.6 is 11.8 Å². The number of carbonyl (C=O) groups is 1. The second-order valence-electron chi connectivity index (χ2n) is 7.81. The molecular weight excluding hydrogens is 448 g/mol. The molecular formula is C22H28N4O4S2. The highest BCUT2D eigenvalue weighted by Crippen LogP contribution is 2.30. The maximum atomic E-state index is 13.1. The van der Waals surface area contributed by atoms with E-state index in [1.54, 1.807) is 28.8 Å². The molecule has 0 radical (unpaired) electrons. The summed E-state index contributed by atoms with van der Waals surface area (Å²) in [4.78, 5) is 17.5. The number of hydrogen-bond donors (Lipinski definition) is 1. The largest absolute Gasteiger partial charge is 0.467 e. The minimum absolute atomic E-state index is 0.116. The summed E-state index contributed by atoms with van der Waals surface area (Å²) in [5, 5.41) is 3.19. The zero-order valence-electron chi connectivity index (χ0n) is 18.3. The first-order valence-electron chi connectivity index (χ1n) is 10.9. The lowest BCUT2D eigenvalue weighted by atomic mass is 10.2. The first-order valence-corrected chi connectivity index (χ1v) is 13.2. The molecule has 3 heterocycles. The van der Waals surface area contributed by atoms with Crippen LogP contribution in [0.2, 0.25) is 0 Å². The number of piperidine rings is 1. The van der Waals surface area contributed by atoms with Gasteiger partial charge in [0, 0.05) is 19.6 Å². The monoisotopic (exact) mass is 476 g/mol. The van der Waals surface area contributed by atoms with Crippen molar-refractivity contribution < 1.29 is 17.6 Å². The number of nitrogens with zero attached hydrogens (tertiary/aromatic N) is 3. The van der Waals surface area contributed by atoms with E-state index in [2.05, 4.69) is 10.3 Å². The Kier molecular flexibility index (Phi) is 6.92. The number of amides is 1. The van der Waals surface area contributed by atoms with Crippen LogP contribution in [0.25, 0.3) is 11.0 Å². The SMILES string of the molecule is CCn1c(S[C@@H](C)C(=O)NCc2ccco2)nc2cc(S(=O)(=O)N3CCCCC3)ccc21. The quantitative estimate of drug-likeness (QED) is 0.499. The fourth-order valence-corrected chi connectivity index (χ4v) is 6.39. The molecule has 10 heteroatoms. The molecule has 0 bridgehead atoms. The Morgan fingerprint density at radius 2 is 2.03 bits per heavy atom. The Labute approximate surface area is 192 Å². The summed E-state index contributed by atoms with van der Waals surface area (Å²) in [6, 6.07) is 8.71. The van der Waals surface area contributed by atoms with Crippen LogP contribution in [-0.2, 0) is 27.9 Å². The predicted molar refractivity (Wildman–Crippen MR) is 124 cm³/mol. The van der Waals surface area contributed by atoms with Gasteiger partial charge in [-0.1, -0.05) is 18.2 Å². The van der Waals surface area contributed by atoms with Crippen LogP contribution in [0.1, 0.15) is 38.9 Å². The van der Waals surface area contributed by atoms with Gasteiger partial charge in [-0.15, -0.1) is 0 Å². The number of sulfonamides is 1. The van der Waals surface area contributed by atoms with Gasteiger partial charge in [0.1, 0.15) is 5.76 Å². The molecule has 1 atom stereocenters. The van der Waals surface area contributed by atoms with Crippen molar-refractivity contribution in [1.82, 2.24) is 19.2 Å². The van der Waals surface area contributed by atoms with E-state index in [-0.39, 0.29) is 16.1 Å². The Morgan fingerprint density at radius 1 is 1.25 bits per heavy atom. The second-order valence-corrected chi connectivity index (χ2v) is 11.1. The van der Waals surface area contributed by atoms with Gasteiger partial charge in [0.05, 0.1) is 34.0 Å². The highest BCUT2D eigenvalue weighted by atomic mass is 32.2. The topological polar surface area (TPSA) is 97.4 Å². The summed E-state index contributed by atoms with van der Waals surface area (Å²) >= 11 is 1.36. The van der Waals surface area contributed by atoms with E-state index in [1.807, 2.05) is 30.5 Å². The third kappa shape index (κ3) is 4.72. The molecule has 2 aromatic heterocycles. The van der Waals surface area contributed by atoms with Gasteiger partial charge in [0.2, 0.25) is 15.9 Å². The number of furan rings is 1. The van der Waals surface area contributed by atoms with Gasteiger partial charge in [-0.2, -0.15) is 4.31 Å². The highest BCUT2D eigenvalue weighted by molar-refractivity contribution is 8.00. The fourth-order valence-electron chi connectivity index (χ4n) is 3.84. The third-order valence-electron chi connectivity index (χ3n) is 5.62. The Morgan fingerprint density at radius 3 is 2.72 bits per heavy atom. The van der Waals surface area contributed by atoms with E-state index in [9.17, 15) is 13.2 Å². The first kappa shape index (κ1) is 22.9. The van der Waals surface area contributed by atoms with Crippen molar-refractivity contribution in [2.75, 3.05) is 13.1 Å². The number of thioether (sulfide) groups is 1. The van der Waals surface area contributed by atoms with Crippen LogP contribution in [0, 0.1) is 0 Å². The Balaban J connectivity index is 1.53.